The Morgan fingerprint density at radius 2 is 1.93 bits per heavy atom. The van der Waals surface area contributed by atoms with Crippen molar-refractivity contribution in [3.05, 3.63) is 79.9 Å². The van der Waals surface area contributed by atoms with E-state index < -0.39 is 33.8 Å². The summed E-state index contributed by atoms with van der Waals surface area (Å²) in [5.74, 6) is 5.70. The minimum atomic E-state index is -3.79. The number of pyridine rings is 2. The topological polar surface area (TPSA) is 154 Å². The van der Waals surface area contributed by atoms with Crippen molar-refractivity contribution >= 4 is 65.8 Å². The number of nitrogens with zero attached hydrogens (tertiary/aromatic N) is 7. The van der Waals surface area contributed by atoms with Crippen molar-refractivity contribution in [2.24, 2.45) is 5.92 Å². The number of thiophene rings is 1. The Morgan fingerprint density at radius 3 is 2.62 bits per heavy atom. The Labute approximate surface area is 324 Å². The van der Waals surface area contributed by atoms with Gasteiger partial charge in [0.25, 0.3) is 11.5 Å². The van der Waals surface area contributed by atoms with Gasteiger partial charge in [-0.3, -0.25) is 19.1 Å². The van der Waals surface area contributed by atoms with Gasteiger partial charge in [-0.2, -0.15) is 5.26 Å². The third-order valence-corrected chi connectivity index (χ3v) is 12.2. The predicted octanol–water partition coefficient (Wildman–Crippen LogP) is 5.59. The zero-order chi connectivity index (χ0) is 39.2. The Balaban J connectivity index is 1.16. The van der Waals surface area contributed by atoms with Crippen LogP contribution in [0.15, 0.2) is 46.8 Å². The van der Waals surface area contributed by atoms with Gasteiger partial charge < -0.3 is 9.80 Å². The van der Waals surface area contributed by atoms with Crippen molar-refractivity contribution in [2.45, 2.75) is 57.7 Å². The van der Waals surface area contributed by atoms with Gasteiger partial charge in [0.05, 0.1) is 45.7 Å². The van der Waals surface area contributed by atoms with Gasteiger partial charge >= 0.3 is 0 Å². The lowest BCUT2D eigenvalue weighted by Gasteiger charge is -2.46. The number of likely N-dealkylation sites (tertiary alicyclic amines) is 1. The summed E-state index contributed by atoms with van der Waals surface area (Å²) in [5, 5.41) is 12.5. The molecule has 0 spiro atoms. The number of nitriles is 1. The van der Waals surface area contributed by atoms with Gasteiger partial charge in [0.1, 0.15) is 23.3 Å². The highest BCUT2D eigenvalue weighted by Gasteiger charge is 2.40. The summed E-state index contributed by atoms with van der Waals surface area (Å²) in [7, 11) is -1.93. The molecule has 1 amide bonds. The molecule has 0 radical (unpaired) electrons. The number of sulfonamides is 1. The smallest absolute Gasteiger partial charge is 0.267 e. The molecule has 0 bridgehead atoms. The van der Waals surface area contributed by atoms with Gasteiger partial charge in [0.2, 0.25) is 16.4 Å². The molecule has 1 aliphatic carbocycles. The zero-order valence-corrected chi connectivity index (χ0v) is 32.4. The number of hydrogen-bond acceptors (Lipinski definition) is 11. The Bertz CT molecular complexity index is 2620. The van der Waals surface area contributed by atoms with Crippen LogP contribution in [0.3, 0.4) is 0 Å². The zero-order valence-electron chi connectivity index (χ0n) is 30.0. The second kappa shape index (κ2) is 15.3. The van der Waals surface area contributed by atoms with E-state index >= 15 is 0 Å². The molecule has 1 saturated carbocycles. The van der Waals surface area contributed by atoms with Crippen LogP contribution >= 0.6 is 22.9 Å². The number of piperidine rings is 1. The van der Waals surface area contributed by atoms with Crippen molar-refractivity contribution in [3.63, 3.8) is 0 Å². The van der Waals surface area contributed by atoms with Gasteiger partial charge in [-0.05, 0) is 56.9 Å². The number of carbonyl (C=O) groups is 1. The van der Waals surface area contributed by atoms with Crippen molar-refractivity contribution in [2.75, 3.05) is 31.3 Å². The summed E-state index contributed by atoms with van der Waals surface area (Å²) < 4.78 is 53.5. The van der Waals surface area contributed by atoms with Gasteiger partial charge in [-0.25, -0.2) is 31.9 Å². The summed E-state index contributed by atoms with van der Waals surface area (Å²) in [4.78, 5) is 44.5. The van der Waals surface area contributed by atoms with Crippen LogP contribution in [0.5, 0.6) is 0 Å². The van der Waals surface area contributed by atoms with Crippen molar-refractivity contribution in [1.29, 1.82) is 5.26 Å². The Kier molecular flexibility index (Phi) is 10.6. The van der Waals surface area contributed by atoms with Crippen molar-refractivity contribution < 1.29 is 22.0 Å². The summed E-state index contributed by atoms with van der Waals surface area (Å²) in [6.45, 7) is 3.16. The second-order valence-corrected chi connectivity index (χ2v) is 16.9. The summed E-state index contributed by atoms with van der Waals surface area (Å²) in [6.07, 6.45) is 4.24. The molecule has 1 aliphatic heterocycles. The quantitative estimate of drug-likeness (QED) is 0.197. The number of nitrogens with one attached hydrogen (secondary N) is 1. The van der Waals surface area contributed by atoms with Crippen LogP contribution in [-0.2, 0) is 16.6 Å². The number of carbonyl (C=O) groups excluding carboxylic acids is 1. The van der Waals surface area contributed by atoms with E-state index in [9.17, 15) is 32.0 Å². The first-order chi connectivity index (χ1) is 26.2. The van der Waals surface area contributed by atoms with Crippen LogP contribution in [0.1, 0.15) is 53.0 Å². The summed E-state index contributed by atoms with van der Waals surface area (Å²) in [5.41, 5.74) is 2.34. The van der Waals surface area contributed by atoms with Crippen LogP contribution in [0.2, 0.25) is 5.02 Å². The molecule has 1 aromatic carbocycles. The lowest BCUT2D eigenvalue weighted by Crippen LogP contribution is -2.52. The van der Waals surface area contributed by atoms with Crippen LogP contribution in [0, 0.1) is 36.0 Å². The molecule has 1 N–H and O–H groups in total. The largest absolute Gasteiger partial charge is 0.355 e. The first-order valence-corrected chi connectivity index (χ1v) is 20.6. The average Bonchev–Trinajstić information content (AvgIpc) is 3.56. The van der Waals surface area contributed by atoms with Gasteiger partial charge in [-0.15, -0.1) is 11.3 Å². The number of alkyl halides is 2. The number of halogens is 3. The highest BCUT2D eigenvalue weighted by Crippen LogP contribution is 2.39. The fraction of sp³-hybridized carbons (Fsp3) is 0.368. The maximum Gasteiger partial charge on any atom is 0.267 e. The monoisotopic (exact) mass is 804 g/mol. The molecule has 0 atom stereocenters. The fourth-order valence-electron chi connectivity index (χ4n) is 7.41. The molecule has 5 aromatic rings. The first kappa shape index (κ1) is 38.3. The lowest BCUT2D eigenvalue weighted by atomic mass is 9.78. The number of hydrogen-bond donors (Lipinski definition) is 1. The maximum atomic E-state index is 14.1. The second-order valence-electron chi connectivity index (χ2n) is 13.9. The van der Waals surface area contributed by atoms with Gasteiger partial charge in [0.15, 0.2) is 0 Å². The fourth-order valence-corrected chi connectivity index (χ4v) is 9.06. The number of amides is 1. The predicted molar refractivity (Wildman–Crippen MR) is 208 cm³/mol. The highest BCUT2D eigenvalue weighted by atomic mass is 35.5. The van der Waals surface area contributed by atoms with Crippen LogP contribution < -0.4 is 15.2 Å². The van der Waals surface area contributed by atoms with Crippen molar-refractivity contribution in [1.82, 2.24) is 29.1 Å². The van der Waals surface area contributed by atoms with E-state index in [-0.39, 0.29) is 35.1 Å². The lowest BCUT2D eigenvalue weighted by molar-refractivity contribution is -0.0286. The van der Waals surface area contributed by atoms with E-state index in [4.69, 9.17) is 11.6 Å². The number of aryl methyl sites for hydroxylation is 1. The first-order valence-electron chi connectivity index (χ1n) is 17.5. The molecule has 2 aliphatic rings. The third kappa shape index (κ3) is 7.64. The van der Waals surface area contributed by atoms with Crippen LogP contribution in [0.25, 0.3) is 32.2 Å². The van der Waals surface area contributed by atoms with Gasteiger partial charge in [-0.1, -0.05) is 23.4 Å². The molecule has 12 nitrogen and oxygen atoms in total. The van der Waals surface area contributed by atoms with E-state index in [2.05, 4.69) is 37.8 Å². The van der Waals surface area contributed by atoms with Crippen molar-refractivity contribution in [3.8, 4) is 29.0 Å². The Hall–Kier alpha value is -5.00. The summed E-state index contributed by atoms with van der Waals surface area (Å²) in [6, 6.07) is 9.36. The summed E-state index contributed by atoms with van der Waals surface area (Å²) >= 11 is 7.65. The minimum Gasteiger partial charge on any atom is -0.355 e. The number of anilines is 1. The third-order valence-electron chi connectivity index (χ3n) is 10.4. The molecule has 1 saturated heterocycles. The number of fused-ring (bicyclic) bond motifs is 2. The normalized spacial score (nSPS) is 17.8. The molecule has 4 aromatic heterocycles. The number of rotatable bonds is 8. The van der Waals surface area contributed by atoms with E-state index in [0.29, 0.717) is 61.9 Å². The minimum absolute atomic E-state index is 0.0410. The molecular formula is C38H35ClF2N8O4S2. The molecule has 7 rings (SSSR count). The van der Waals surface area contributed by atoms with E-state index in [1.54, 1.807) is 36.6 Å². The number of aromatic nitrogens is 4. The average molecular weight is 805 g/mol. The standard InChI is InChI=1S/C38H35ClF2N8O4S2/c1-21-45-31-19-44-36(47(2)25-9-13-48(14-10-25)26-15-23(16-26)35(40)41)29(18-42)32(31)38(51)49(21)12-4-5-22-6-7-24(39)17-28(22)27-8-11-43-33-30(20-54-34(27)33)37(50)46-55(3,52)53/h6-8,11,17,19-20,23,25-26,35H,9-10,12-16H2,1-3H3,(H,46,50). The van der Waals surface area contributed by atoms with E-state index in [0.717, 1.165) is 32.2 Å². The van der Waals surface area contributed by atoms with E-state index in [1.165, 1.54) is 28.3 Å². The molecule has 0 unspecified atom stereocenters. The maximum absolute atomic E-state index is 14.1. The number of benzene rings is 1. The molecule has 5 heterocycles. The Morgan fingerprint density at radius 1 is 1.18 bits per heavy atom. The SMILES string of the molecule is Cc1nc2cnc(N(C)C3CCN(C4CC(C(F)F)C4)CC3)c(C#N)c2c(=O)n1CC#Cc1ccc(Cl)cc1-c1ccnc2c(C(=O)NS(C)(=O)=O)csc12. The van der Waals surface area contributed by atoms with Crippen LogP contribution in [0.4, 0.5) is 14.6 Å². The molecule has 55 heavy (non-hydrogen) atoms. The molecule has 284 valence electrons. The molecular weight excluding hydrogens is 770 g/mol. The molecule has 2 fully saturated rings. The van der Waals surface area contributed by atoms with Gasteiger partial charge in [0, 0.05) is 71.4 Å². The molecule has 17 heteroatoms. The van der Waals surface area contributed by atoms with E-state index in [1.807, 2.05) is 16.7 Å². The van der Waals surface area contributed by atoms with Crippen LogP contribution in [-0.4, -0.2) is 83.6 Å². The highest BCUT2D eigenvalue weighted by molar-refractivity contribution is 7.89.